The minimum absolute atomic E-state index is 0.262. The standard InChI is InChI=1S/C14H27NO2/c1-10(6-4-8-16)15-12-11-7-5-9-17-13(11)14(12,2)3/h10-13,15-16H,4-9H2,1-3H3. The van der Waals surface area contributed by atoms with Gasteiger partial charge in [0.15, 0.2) is 0 Å². The molecule has 0 aromatic heterocycles. The lowest BCUT2D eigenvalue weighted by Gasteiger charge is -2.60. The number of aliphatic hydroxyl groups excluding tert-OH is 1. The lowest BCUT2D eigenvalue weighted by molar-refractivity contribution is -0.194. The molecule has 1 aliphatic heterocycles. The molecule has 100 valence electrons. The van der Waals surface area contributed by atoms with Crippen LogP contribution in [0.3, 0.4) is 0 Å². The highest BCUT2D eigenvalue weighted by Crippen LogP contribution is 2.51. The second-order valence-corrected chi connectivity index (χ2v) is 6.33. The molecule has 17 heavy (non-hydrogen) atoms. The summed E-state index contributed by atoms with van der Waals surface area (Å²) in [6, 6.07) is 1.08. The van der Waals surface area contributed by atoms with Gasteiger partial charge < -0.3 is 15.2 Å². The maximum atomic E-state index is 8.86. The number of hydrogen-bond donors (Lipinski definition) is 2. The van der Waals surface area contributed by atoms with E-state index in [9.17, 15) is 0 Å². The van der Waals surface area contributed by atoms with Gasteiger partial charge in [-0.3, -0.25) is 0 Å². The van der Waals surface area contributed by atoms with Crippen LogP contribution in [0.2, 0.25) is 0 Å². The van der Waals surface area contributed by atoms with Gasteiger partial charge in [-0.15, -0.1) is 0 Å². The van der Waals surface area contributed by atoms with Crippen molar-refractivity contribution in [2.24, 2.45) is 11.3 Å². The van der Waals surface area contributed by atoms with E-state index in [1.54, 1.807) is 0 Å². The molecule has 1 saturated carbocycles. The minimum Gasteiger partial charge on any atom is -0.396 e. The van der Waals surface area contributed by atoms with Crippen molar-refractivity contribution in [3.63, 3.8) is 0 Å². The first-order chi connectivity index (χ1) is 8.07. The molecule has 1 saturated heterocycles. The van der Waals surface area contributed by atoms with Crippen molar-refractivity contribution in [3.8, 4) is 0 Å². The zero-order valence-corrected chi connectivity index (χ0v) is 11.4. The number of rotatable bonds is 5. The maximum Gasteiger partial charge on any atom is 0.0684 e. The number of nitrogens with one attached hydrogen (secondary N) is 1. The summed E-state index contributed by atoms with van der Waals surface area (Å²) in [5, 5.41) is 12.6. The van der Waals surface area contributed by atoms with Crippen LogP contribution in [-0.2, 0) is 4.74 Å². The fourth-order valence-corrected chi connectivity index (χ4v) is 3.65. The third-order valence-electron chi connectivity index (χ3n) is 4.59. The first-order valence-electron chi connectivity index (χ1n) is 7.06. The summed E-state index contributed by atoms with van der Waals surface area (Å²) in [7, 11) is 0. The summed E-state index contributed by atoms with van der Waals surface area (Å²) in [5.74, 6) is 0.704. The summed E-state index contributed by atoms with van der Waals surface area (Å²) >= 11 is 0. The Morgan fingerprint density at radius 1 is 1.47 bits per heavy atom. The molecule has 1 heterocycles. The molecule has 0 amide bonds. The highest BCUT2D eigenvalue weighted by molar-refractivity contribution is 5.10. The van der Waals surface area contributed by atoms with E-state index < -0.39 is 0 Å². The van der Waals surface area contributed by atoms with E-state index in [-0.39, 0.29) is 5.41 Å². The van der Waals surface area contributed by atoms with Crippen molar-refractivity contribution in [1.29, 1.82) is 0 Å². The van der Waals surface area contributed by atoms with E-state index in [1.165, 1.54) is 12.8 Å². The Labute approximate surface area is 105 Å². The molecular formula is C14H27NO2. The fraction of sp³-hybridized carbons (Fsp3) is 1.00. The zero-order valence-electron chi connectivity index (χ0n) is 11.4. The van der Waals surface area contributed by atoms with Crippen LogP contribution in [0.1, 0.15) is 46.5 Å². The van der Waals surface area contributed by atoms with Gasteiger partial charge in [-0.1, -0.05) is 13.8 Å². The van der Waals surface area contributed by atoms with E-state index in [1.807, 2.05) is 0 Å². The SMILES string of the molecule is CC(CCCO)NC1C2CCCOC2C1(C)C. The van der Waals surface area contributed by atoms with Crippen LogP contribution < -0.4 is 5.32 Å². The van der Waals surface area contributed by atoms with Crippen LogP contribution in [0, 0.1) is 11.3 Å². The summed E-state index contributed by atoms with van der Waals surface area (Å²) in [5.41, 5.74) is 0.262. The molecule has 0 radical (unpaired) electrons. The lowest BCUT2D eigenvalue weighted by atomic mass is 9.55. The third-order valence-corrected chi connectivity index (χ3v) is 4.59. The largest absolute Gasteiger partial charge is 0.396 e. The Morgan fingerprint density at radius 3 is 2.94 bits per heavy atom. The monoisotopic (exact) mass is 241 g/mol. The topological polar surface area (TPSA) is 41.5 Å². The smallest absolute Gasteiger partial charge is 0.0684 e. The van der Waals surface area contributed by atoms with Gasteiger partial charge in [-0.25, -0.2) is 0 Å². The maximum absolute atomic E-state index is 8.86. The molecule has 2 N–H and O–H groups in total. The molecule has 4 atom stereocenters. The van der Waals surface area contributed by atoms with E-state index in [0.717, 1.165) is 19.4 Å². The number of fused-ring (bicyclic) bond motifs is 1. The molecule has 2 rings (SSSR count). The number of hydrogen-bond acceptors (Lipinski definition) is 3. The Balaban J connectivity index is 1.87. The Bertz CT molecular complexity index is 255. The molecular weight excluding hydrogens is 214 g/mol. The van der Waals surface area contributed by atoms with E-state index in [4.69, 9.17) is 9.84 Å². The molecule has 1 aliphatic carbocycles. The van der Waals surface area contributed by atoms with Gasteiger partial charge in [-0.2, -0.15) is 0 Å². The molecule has 0 aromatic carbocycles. The molecule has 2 aliphatic rings. The Morgan fingerprint density at radius 2 is 2.24 bits per heavy atom. The quantitative estimate of drug-likeness (QED) is 0.773. The van der Waals surface area contributed by atoms with Crippen LogP contribution in [0.25, 0.3) is 0 Å². The Kier molecular flexibility index (Phi) is 4.11. The van der Waals surface area contributed by atoms with Crippen molar-refractivity contribution in [1.82, 2.24) is 5.32 Å². The van der Waals surface area contributed by atoms with Gasteiger partial charge in [0.25, 0.3) is 0 Å². The third kappa shape index (κ3) is 2.51. The highest BCUT2D eigenvalue weighted by Gasteiger charge is 2.57. The van der Waals surface area contributed by atoms with E-state index in [0.29, 0.717) is 30.7 Å². The average molecular weight is 241 g/mol. The van der Waals surface area contributed by atoms with Crippen molar-refractivity contribution in [2.45, 2.75) is 64.6 Å². The van der Waals surface area contributed by atoms with Crippen LogP contribution in [0.4, 0.5) is 0 Å². The molecule has 0 spiro atoms. The summed E-state index contributed by atoms with van der Waals surface area (Å²) in [4.78, 5) is 0. The molecule has 0 bridgehead atoms. The molecule has 4 unspecified atom stereocenters. The average Bonchev–Trinajstić information content (AvgIpc) is 2.33. The number of aliphatic hydroxyl groups is 1. The van der Waals surface area contributed by atoms with E-state index >= 15 is 0 Å². The van der Waals surface area contributed by atoms with Crippen LogP contribution in [-0.4, -0.2) is 36.5 Å². The van der Waals surface area contributed by atoms with Crippen molar-refractivity contribution in [2.75, 3.05) is 13.2 Å². The van der Waals surface area contributed by atoms with Crippen LogP contribution in [0.15, 0.2) is 0 Å². The second-order valence-electron chi connectivity index (χ2n) is 6.33. The van der Waals surface area contributed by atoms with Gasteiger partial charge in [0.05, 0.1) is 6.10 Å². The first kappa shape index (κ1) is 13.3. The number of ether oxygens (including phenoxy) is 1. The second kappa shape index (κ2) is 5.25. The molecule has 0 aromatic rings. The van der Waals surface area contributed by atoms with Gasteiger partial charge >= 0.3 is 0 Å². The summed E-state index contributed by atoms with van der Waals surface area (Å²) in [6.45, 7) is 8.10. The molecule has 3 heteroatoms. The lowest BCUT2D eigenvalue weighted by Crippen LogP contribution is -2.70. The van der Waals surface area contributed by atoms with Crippen LogP contribution in [0.5, 0.6) is 0 Å². The summed E-state index contributed by atoms with van der Waals surface area (Å²) < 4.78 is 5.91. The fourth-order valence-electron chi connectivity index (χ4n) is 3.65. The highest BCUT2D eigenvalue weighted by atomic mass is 16.5. The normalized spacial score (nSPS) is 37.1. The zero-order chi connectivity index (χ0) is 12.5. The predicted molar refractivity (Wildman–Crippen MR) is 69.0 cm³/mol. The minimum atomic E-state index is 0.262. The molecule has 3 nitrogen and oxygen atoms in total. The van der Waals surface area contributed by atoms with Gasteiger partial charge in [0, 0.05) is 36.6 Å². The van der Waals surface area contributed by atoms with Gasteiger partial charge in [0.1, 0.15) is 0 Å². The summed E-state index contributed by atoms with van der Waals surface area (Å²) in [6.07, 6.45) is 4.92. The van der Waals surface area contributed by atoms with E-state index in [2.05, 4.69) is 26.1 Å². The van der Waals surface area contributed by atoms with Crippen LogP contribution >= 0.6 is 0 Å². The van der Waals surface area contributed by atoms with Crippen molar-refractivity contribution < 1.29 is 9.84 Å². The van der Waals surface area contributed by atoms with Crippen molar-refractivity contribution >= 4 is 0 Å². The molecule has 2 fully saturated rings. The van der Waals surface area contributed by atoms with Crippen molar-refractivity contribution in [3.05, 3.63) is 0 Å². The van der Waals surface area contributed by atoms with Gasteiger partial charge in [0.2, 0.25) is 0 Å². The predicted octanol–water partition coefficient (Wildman–Crippen LogP) is 1.94. The van der Waals surface area contributed by atoms with Gasteiger partial charge in [-0.05, 0) is 32.6 Å². The first-order valence-corrected chi connectivity index (χ1v) is 7.06. The Hall–Kier alpha value is -0.120.